The normalized spacial score (nSPS) is 21.6. The second-order valence-corrected chi connectivity index (χ2v) is 5.54. The smallest absolute Gasteiger partial charge is 0.140 e. The molecule has 1 aliphatic carbocycles. The molecule has 4 heteroatoms. The molecule has 0 aliphatic heterocycles. The Kier molecular flexibility index (Phi) is 3.11. The number of fused-ring (bicyclic) bond motifs is 1. The van der Waals surface area contributed by atoms with E-state index in [9.17, 15) is 0 Å². The van der Waals surface area contributed by atoms with Crippen LogP contribution in [0.2, 0.25) is 0 Å². The molecule has 3 rings (SSSR count). The van der Waals surface area contributed by atoms with Gasteiger partial charge in [-0.1, -0.05) is 30.7 Å². The fraction of sp³-hybridized carbons (Fsp3) is 0.467. The maximum Gasteiger partial charge on any atom is 0.140 e. The first-order valence-electron chi connectivity index (χ1n) is 6.81. The van der Waals surface area contributed by atoms with Crippen LogP contribution in [0.15, 0.2) is 24.5 Å². The monoisotopic (exact) mass is 256 g/mol. The number of aryl methyl sites for hydroxylation is 2. The summed E-state index contributed by atoms with van der Waals surface area (Å²) in [6.07, 6.45) is 2.76. The molecule has 0 saturated heterocycles. The van der Waals surface area contributed by atoms with Crippen molar-refractivity contribution in [2.24, 2.45) is 13.0 Å². The van der Waals surface area contributed by atoms with E-state index < -0.39 is 0 Å². The van der Waals surface area contributed by atoms with Crippen molar-refractivity contribution in [3.63, 3.8) is 0 Å². The lowest BCUT2D eigenvalue weighted by molar-refractivity contribution is 0.406. The van der Waals surface area contributed by atoms with Gasteiger partial charge in [-0.3, -0.25) is 4.68 Å². The predicted molar refractivity (Wildman–Crippen MR) is 74.6 cm³/mol. The van der Waals surface area contributed by atoms with Gasteiger partial charge in [0.05, 0.1) is 6.54 Å². The molecule has 100 valence electrons. The summed E-state index contributed by atoms with van der Waals surface area (Å²) in [5.41, 5.74) is 4.27. The molecule has 1 heterocycles. The third-order valence-electron chi connectivity index (χ3n) is 4.03. The lowest BCUT2D eigenvalue weighted by Gasteiger charge is -2.18. The Balaban J connectivity index is 1.79. The Morgan fingerprint density at radius 2 is 2.26 bits per heavy atom. The van der Waals surface area contributed by atoms with Crippen LogP contribution in [0.4, 0.5) is 0 Å². The lowest BCUT2D eigenvalue weighted by Crippen LogP contribution is -2.25. The molecule has 19 heavy (non-hydrogen) atoms. The molecule has 2 aromatic rings. The number of nitrogens with one attached hydrogen (secondary N) is 1. The highest BCUT2D eigenvalue weighted by Crippen LogP contribution is 2.36. The number of hydrogen-bond donors (Lipinski definition) is 1. The van der Waals surface area contributed by atoms with E-state index >= 15 is 0 Å². The molecule has 4 nitrogen and oxygen atoms in total. The molecule has 0 fully saturated rings. The molecule has 0 radical (unpaired) electrons. The Bertz CT molecular complexity index is 588. The highest BCUT2D eigenvalue weighted by molar-refractivity contribution is 5.38. The molecule has 0 unspecified atom stereocenters. The van der Waals surface area contributed by atoms with E-state index in [1.165, 1.54) is 16.7 Å². The molecule has 0 bridgehead atoms. The van der Waals surface area contributed by atoms with Crippen molar-refractivity contribution in [3.05, 3.63) is 47.0 Å². The average molecular weight is 256 g/mol. The van der Waals surface area contributed by atoms with Crippen LogP contribution in [0, 0.1) is 12.8 Å². The summed E-state index contributed by atoms with van der Waals surface area (Å²) in [5.74, 6) is 1.61. The minimum absolute atomic E-state index is 0.423. The second-order valence-electron chi connectivity index (χ2n) is 5.54. The quantitative estimate of drug-likeness (QED) is 0.915. The first-order valence-corrected chi connectivity index (χ1v) is 6.81. The largest absolute Gasteiger partial charge is 0.303 e. The van der Waals surface area contributed by atoms with Crippen molar-refractivity contribution in [3.8, 4) is 0 Å². The zero-order chi connectivity index (χ0) is 13.4. The van der Waals surface area contributed by atoms with Crippen LogP contribution in [-0.2, 0) is 20.0 Å². The van der Waals surface area contributed by atoms with Gasteiger partial charge in [-0.15, -0.1) is 0 Å². The first kappa shape index (κ1) is 12.4. The maximum atomic E-state index is 4.26. The van der Waals surface area contributed by atoms with Crippen LogP contribution in [0.25, 0.3) is 0 Å². The number of nitrogens with zero attached hydrogens (tertiary/aromatic N) is 3. The molecular formula is C15H20N4. The molecule has 0 amide bonds. The van der Waals surface area contributed by atoms with Gasteiger partial charge in [0.1, 0.15) is 12.2 Å². The average Bonchev–Trinajstić information content (AvgIpc) is 2.90. The van der Waals surface area contributed by atoms with E-state index in [4.69, 9.17) is 0 Å². The molecule has 1 N–H and O–H groups in total. The minimum atomic E-state index is 0.423. The Morgan fingerprint density at radius 1 is 1.42 bits per heavy atom. The van der Waals surface area contributed by atoms with Crippen molar-refractivity contribution in [1.29, 1.82) is 0 Å². The van der Waals surface area contributed by atoms with Gasteiger partial charge in [-0.2, -0.15) is 5.10 Å². The van der Waals surface area contributed by atoms with Gasteiger partial charge in [0, 0.05) is 13.1 Å². The highest BCUT2D eigenvalue weighted by atomic mass is 15.3. The zero-order valence-corrected chi connectivity index (χ0v) is 11.7. The Hall–Kier alpha value is -1.68. The van der Waals surface area contributed by atoms with Crippen molar-refractivity contribution < 1.29 is 0 Å². The number of hydrogen-bond acceptors (Lipinski definition) is 3. The van der Waals surface area contributed by atoms with Gasteiger partial charge in [0.15, 0.2) is 0 Å². The van der Waals surface area contributed by atoms with Crippen LogP contribution < -0.4 is 5.32 Å². The van der Waals surface area contributed by atoms with Crippen LogP contribution in [-0.4, -0.2) is 14.8 Å². The highest BCUT2D eigenvalue weighted by Gasteiger charge is 2.29. The standard InChI is InChI=1S/C15H20N4/c1-10-4-5-12-7-11(2)15(13(12)6-10)16-8-14-17-9-18-19(14)3/h4-6,9,11,15-16H,7-8H2,1-3H3/t11-,15+/m1/s1. The summed E-state index contributed by atoms with van der Waals surface area (Å²) in [7, 11) is 1.93. The second kappa shape index (κ2) is 4.78. The maximum absolute atomic E-state index is 4.26. The van der Waals surface area contributed by atoms with E-state index in [0.717, 1.165) is 18.8 Å². The predicted octanol–water partition coefficient (Wildman–Crippen LogP) is 2.15. The minimum Gasteiger partial charge on any atom is -0.303 e. The Morgan fingerprint density at radius 3 is 3.00 bits per heavy atom. The first-order chi connectivity index (χ1) is 9.15. The van der Waals surface area contributed by atoms with E-state index in [1.807, 2.05) is 11.7 Å². The van der Waals surface area contributed by atoms with Gasteiger partial charge in [0.2, 0.25) is 0 Å². The summed E-state index contributed by atoms with van der Waals surface area (Å²) in [6.45, 7) is 5.23. The van der Waals surface area contributed by atoms with Crippen LogP contribution in [0.1, 0.15) is 35.5 Å². The van der Waals surface area contributed by atoms with E-state index in [2.05, 4.69) is 47.4 Å². The molecule has 1 aromatic carbocycles. The third kappa shape index (κ3) is 2.28. The van der Waals surface area contributed by atoms with Crippen LogP contribution in [0.5, 0.6) is 0 Å². The molecule has 1 aromatic heterocycles. The van der Waals surface area contributed by atoms with Gasteiger partial charge in [0.25, 0.3) is 0 Å². The molecule has 0 saturated carbocycles. The van der Waals surface area contributed by atoms with E-state index in [1.54, 1.807) is 6.33 Å². The summed E-state index contributed by atoms with van der Waals surface area (Å²) < 4.78 is 1.82. The van der Waals surface area contributed by atoms with Crippen LogP contribution in [0.3, 0.4) is 0 Å². The van der Waals surface area contributed by atoms with Gasteiger partial charge in [-0.05, 0) is 30.4 Å². The molecule has 2 atom stereocenters. The van der Waals surface area contributed by atoms with E-state index in [-0.39, 0.29) is 0 Å². The summed E-state index contributed by atoms with van der Waals surface area (Å²) in [6, 6.07) is 7.21. The van der Waals surface area contributed by atoms with Crippen molar-refractivity contribution in [2.75, 3.05) is 0 Å². The van der Waals surface area contributed by atoms with Crippen molar-refractivity contribution >= 4 is 0 Å². The Labute approximate surface area is 113 Å². The third-order valence-corrected chi connectivity index (χ3v) is 4.03. The molecule has 1 aliphatic rings. The fourth-order valence-corrected chi connectivity index (χ4v) is 2.95. The van der Waals surface area contributed by atoms with E-state index in [0.29, 0.717) is 12.0 Å². The van der Waals surface area contributed by atoms with Gasteiger partial charge < -0.3 is 5.32 Å². The van der Waals surface area contributed by atoms with Gasteiger partial charge in [-0.25, -0.2) is 4.98 Å². The van der Waals surface area contributed by atoms with Crippen molar-refractivity contribution in [1.82, 2.24) is 20.1 Å². The lowest BCUT2D eigenvalue weighted by atomic mass is 10.0. The SMILES string of the molecule is Cc1ccc2c(c1)[C@@H](NCc1ncnn1C)[C@H](C)C2. The number of benzene rings is 1. The topological polar surface area (TPSA) is 42.7 Å². The zero-order valence-electron chi connectivity index (χ0n) is 11.7. The summed E-state index contributed by atoms with van der Waals surface area (Å²) in [5, 5.41) is 7.74. The fourth-order valence-electron chi connectivity index (χ4n) is 2.95. The summed E-state index contributed by atoms with van der Waals surface area (Å²) in [4.78, 5) is 4.26. The molecular weight excluding hydrogens is 236 g/mol. The van der Waals surface area contributed by atoms with Crippen molar-refractivity contribution in [2.45, 2.75) is 32.9 Å². The molecule has 0 spiro atoms. The number of aromatic nitrogens is 3. The summed E-state index contributed by atoms with van der Waals surface area (Å²) >= 11 is 0. The van der Waals surface area contributed by atoms with Gasteiger partial charge >= 0.3 is 0 Å². The number of rotatable bonds is 3. The van der Waals surface area contributed by atoms with Crippen LogP contribution >= 0.6 is 0 Å².